The molecule has 1 aromatic heterocycles. The van der Waals surface area contributed by atoms with Crippen molar-refractivity contribution in [2.45, 2.75) is 57.4 Å². The molecule has 0 spiro atoms. The third-order valence-electron chi connectivity index (χ3n) is 5.23. The average Bonchev–Trinajstić information content (AvgIpc) is 2.84. The van der Waals surface area contributed by atoms with Crippen molar-refractivity contribution in [2.24, 2.45) is 0 Å². The predicted molar refractivity (Wildman–Crippen MR) is 95.2 cm³/mol. The van der Waals surface area contributed by atoms with E-state index in [4.69, 9.17) is 0 Å². The van der Waals surface area contributed by atoms with Crippen LogP contribution in [0.1, 0.15) is 70.1 Å². The first-order valence-electron chi connectivity index (χ1n) is 8.81. The van der Waals surface area contributed by atoms with Gasteiger partial charge in [0.15, 0.2) is 0 Å². The molecule has 0 radical (unpaired) electrons. The number of hydrogen-bond donors (Lipinski definition) is 1. The normalized spacial score (nSPS) is 20.3. The summed E-state index contributed by atoms with van der Waals surface area (Å²) in [6.45, 7) is 0. The number of carbonyl (C=O) groups is 1. The van der Waals surface area contributed by atoms with Crippen LogP contribution in [0.3, 0.4) is 0 Å². The van der Waals surface area contributed by atoms with Crippen molar-refractivity contribution in [1.82, 2.24) is 5.32 Å². The molecule has 0 fully saturated rings. The molecule has 23 heavy (non-hydrogen) atoms. The first-order chi connectivity index (χ1) is 11.3. The maximum absolute atomic E-state index is 12.9. The number of rotatable bonds is 2. The number of fused-ring (bicyclic) bond motifs is 2. The number of benzene rings is 1. The van der Waals surface area contributed by atoms with E-state index in [1.54, 1.807) is 11.3 Å². The molecular formula is C20H23NOS. The van der Waals surface area contributed by atoms with E-state index in [2.05, 4.69) is 35.0 Å². The van der Waals surface area contributed by atoms with Gasteiger partial charge in [0.25, 0.3) is 5.91 Å². The molecule has 4 rings (SSSR count). The summed E-state index contributed by atoms with van der Waals surface area (Å²) in [7, 11) is 0. The average molecular weight is 325 g/mol. The highest BCUT2D eigenvalue weighted by Crippen LogP contribution is 2.32. The Labute approximate surface area is 141 Å². The van der Waals surface area contributed by atoms with Crippen LogP contribution in [0.5, 0.6) is 0 Å². The molecule has 3 heteroatoms. The summed E-state index contributed by atoms with van der Waals surface area (Å²) in [6.07, 6.45) is 9.34. The van der Waals surface area contributed by atoms with Crippen molar-refractivity contribution in [2.75, 3.05) is 0 Å². The van der Waals surface area contributed by atoms with E-state index < -0.39 is 0 Å². The summed E-state index contributed by atoms with van der Waals surface area (Å²) in [6, 6.07) is 8.73. The number of aryl methyl sites for hydroxylation is 2. The van der Waals surface area contributed by atoms with E-state index >= 15 is 0 Å². The molecule has 0 unspecified atom stereocenters. The molecule has 1 aromatic carbocycles. The topological polar surface area (TPSA) is 29.1 Å². The minimum Gasteiger partial charge on any atom is -0.345 e. The Kier molecular flexibility index (Phi) is 4.21. The molecule has 1 amide bonds. The quantitative estimate of drug-likeness (QED) is 0.788. The van der Waals surface area contributed by atoms with Crippen LogP contribution in [0, 0.1) is 0 Å². The van der Waals surface area contributed by atoms with E-state index in [9.17, 15) is 4.79 Å². The highest BCUT2D eigenvalue weighted by atomic mass is 32.1. The van der Waals surface area contributed by atoms with E-state index in [1.165, 1.54) is 40.8 Å². The molecule has 0 aliphatic heterocycles. The van der Waals surface area contributed by atoms with Crippen LogP contribution in [0.25, 0.3) is 0 Å². The number of amides is 1. The van der Waals surface area contributed by atoms with E-state index in [-0.39, 0.29) is 11.9 Å². The zero-order chi connectivity index (χ0) is 15.6. The van der Waals surface area contributed by atoms with Gasteiger partial charge in [-0.3, -0.25) is 4.79 Å². The van der Waals surface area contributed by atoms with Gasteiger partial charge in [-0.15, -0.1) is 11.3 Å². The maximum atomic E-state index is 12.9. The Morgan fingerprint density at radius 3 is 2.87 bits per heavy atom. The van der Waals surface area contributed by atoms with Gasteiger partial charge in [-0.25, -0.2) is 0 Å². The second-order valence-electron chi connectivity index (χ2n) is 6.73. The predicted octanol–water partition coefficient (Wildman–Crippen LogP) is 4.82. The van der Waals surface area contributed by atoms with Crippen molar-refractivity contribution in [1.29, 1.82) is 0 Å². The van der Waals surface area contributed by atoms with Crippen molar-refractivity contribution in [3.8, 4) is 0 Å². The lowest BCUT2D eigenvalue weighted by molar-refractivity contribution is 0.0932. The Hall–Kier alpha value is -1.61. The van der Waals surface area contributed by atoms with E-state index in [1.807, 2.05) is 0 Å². The second kappa shape index (κ2) is 6.48. The molecule has 1 atom stereocenters. The fourth-order valence-corrected chi connectivity index (χ4v) is 5.13. The van der Waals surface area contributed by atoms with Crippen LogP contribution >= 0.6 is 11.3 Å². The molecule has 1 heterocycles. The minimum absolute atomic E-state index is 0.131. The number of carbonyl (C=O) groups excluding carboxylic acids is 1. The van der Waals surface area contributed by atoms with Crippen LogP contribution in [-0.4, -0.2) is 5.91 Å². The van der Waals surface area contributed by atoms with Crippen LogP contribution < -0.4 is 5.32 Å². The molecule has 0 saturated heterocycles. The van der Waals surface area contributed by atoms with E-state index in [0.29, 0.717) is 0 Å². The first kappa shape index (κ1) is 14.9. The van der Waals surface area contributed by atoms with Crippen molar-refractivity contribution < 1.29 is 4.79 Å². The lowest BCUT2D eigenvalue weighted by Crippen LogP contribution is -2.31. The van der Waals surface area contributed by atoms with E-state index in [0.717, 1.165) is 37.7 Å². The molecule has 0 bridgehead atoms. The fraction of sp³-hybridized carbons (Fsp3) is 0.450. The maximum Gasteiger partial charge on any atom is 0.252 e. The van der Waals surface area contributed by atoms with Crippen LogP contribution in [0.15, 0.2) is 29.6 Å². The van der Waals surface area contributed by atoms with Gasteiger partial charge >= 0.3 is 0 Å². The Morgan fingerprint density at radius 1 is 1.04 bits per heavy atom. The number of nitrogens with one attached hydrogen (secondary N) is 1. The molecule has 1 N–H and O–H groups in total. The summed E-state index contributed by atoms with van der Waals surface area (Å²) < 4.78 is 0. The third kappa shape index (κ3) is 2.94. The Bertz CT molecular complexity index is 718. The zero-order valence-corrected chi connectivity index (χ0v) is 14.3. The van der Waals surface area contributed by atoms with Gasteiger partial charge < -0.3 is 5.32 Å². The molecule has 2 aliphatic carbocycles. The molecule has 120 valence electrons. The van der Waals surface area contributed by atoms with Crippen LogP contribution in [-0.2, 0) is 19.3 Å². The van der Waals surface area contributed by atoms with Crippen molar-refractivity contribution in [3.05, 3.63) is 56.8 Å². The Balaban J connectivity index is 1.56. The summed E-state index contributed by atoms with van der Waals surface area (Å²) in [5.41, 5.74) is 4.98. The van der Waals surface area contributed by atoms with Gasteiger partial charge in [-0.05, 0) is 61.6 Å². The van der Waals surface area contributed by atoms with Gasteiger partial charge in [0, 0.05) is 10.3 Å². The molecule has 0 saturated carbocycles. The second-order valence-corrected chi connectivity index (χ2v) is 7.69. The summed E-state index contributed by atoms with van der Waals surface area (Å²) in [5.74, 6) is 0.131. The standard InChI is InChI=1S/C20H23NOS/c22-20(17-13-23-19-12-3-1-2-10-16(17)19)21-18-11-6-8-14-7-4-5-9-15(14)18/h4-5,7,9,13,18H,1-3,6,8,10-12H2,(H,21,22)/t18-/m0/s1. The van der Waals surface area contributed by atoms with Crippen LogP contribution in [0.2, 0.25) is 0 Å². The van der Waals surface area contributed by atoms with Crippen molar-refractivity contribution in [3.63, 3.8) is 0 Å². The summed E-state index contributed by atoms with van der Waals surface area (Å²) in [5, 5.41) is 5.40. The largest absolute Gasteiger partial charge is 0.345 e. The lowest BCUT2D eigenvalue weighted by Gasteiger charge is -2.26. The molecule has 2 nitrogen and oxygen atoms in total. The summed E-state index contributed by atoms with van der Waals surface area (Å²) in [4.78, 5) is 14.3. The smallest absolute Gasteiger partial charge is 0.252 e. The zero-order valence-electron chi connectivity index (χ0n) is 13.4. The van der Waals surface area contributed by atoms with Gasteiger partial charge in [0.05, 0.1) is 11.6 Å². The van der Waals surface area contributed by atoms with Gasteiger partial charge in [0.2, 0.25) is 0 Å². The first-order valence-corrected chi connectivity index (χ1v) is 9.69. The SMILES string of the molecule is O=C(N[C@H]1CCCc2ccccc21)c1csc2c1CCCCC2. The highest BCUT2D eigenvalue weighted by molar-refractivity contribution is 7.10. The molecule has 2 aromatic rings. The summed E-state index contributed by atoms with van der Waals surface area (Å²) >= 11 is 1.78. The lowest BCUT2D eigenvalue weighted by atomic mass is 9.87. The molecular weight excluding hydrogens is 302 g/mol. The Morgan fingerprint density at radius 2 is 1.91 bits per heavy atom. The molecule has 2 aliphatic rings. The highest BCUT2D eigenvalue weighted by Gasteiger charge is 2.24. The number of hydrogen-bond acceptors (Lipinski definition) is 2. The van der Waals surface area contributed by atoms with Gasteiger partial charge in [-0.1, -0.05) is 30.7 Å². The minimum atomic E-state index is 0.131. The van der Waals surface area contributed by atoms with Crippen molar-refractivity contribution >= 4 is 17.2 Å². The third-order valence-corrected chi connectivity index (χ3v) is 6.32. The van der Waals surface area contributed by atoms with Gasteiger partial charge in [-0.2, -0.15) is 0 Å². The van der Waals surface area contributed by atoms with Crippen LogP contribution in [0.4, 0.5) is 0 Å². The monoisotopic (exact) mass is 325 g/mol. The fourth-order valence-electron chi connectivity index (χ4n) is 4.00. The van der Waals surface area contributed by atoms with Gasteiger partial charge in [0.1, 0.15) is 0 Å². The number of thiophene rings is 1.